The molecule has 3 nitrogen and oxygen atoms in total. The van der Waals surface area contributed by atoms with Crippen LogP contribution in [0.5, 0.6) is 0 Å². The van der Waals surface area contributed by atoms with Gasteiger partial charge in [0, 0.05) is 31.0 Å². The van der Waals surface area contributed by atoms with Crippen LogP contribution in [0.25, 0.3) is 0 Å². The molecular weight excluding hydrogens is 184 g/mol. The van der Waals surface area contributed by atoms with E-state index in [2.05, 4.69) is 16.5 Å². The molecule has 1 unspecified atom stereocenters. The predicted octanol–water partition coefficient (Wildman–Crippen LogP) is 1.27. The first-order valence-corrected chi connectivity index (χ1v) is 5.04. The van der Waals surface area contributed by atoms with E-state index in [4.69, 9.17) is 17.3 Å². The van der Waals surface area contributed by atoms with Crippen molar-refractivity contribution in [3.63, 3.8) is 0 Å². The van der Waals surface area contributed by atoms with Gasteiger partial charge in [0.15, 0.2) is 4.77 Å². The number of H-pyrrole nitrogens is 1. The lowest BCUT2D eigenvalue weighted by atomic mass is 10.1. The smallest absolute Gasteiger partial charge is 0.177 e. The second kappa shape index (κ2) is 3.27. The quantitative estimate of drug-likeness (QED) is 0.703. The summed E-state index contributed by atoms with van der Waals surface area (Å²) in [5, 5.41) is 8.86. The van der Waals surface area contributed by atoms with Gasteiger partial charge in [-0.25, -0.2) is 0 Å². The molecule has 0 aromatic carbocycles. The fourth-order valence-electron chi connectivity index (χ4n) is 2.01. The highest BCUT2D eigenvalue weighted by atomic mass is 32.1. The van der Waals surface area contributed by atoms with Crippen LogP contribution in [0.2, 0.25) is 0 Å². The summed E-state index contributed by atoms with van der Waals surface area (Å²) in [7, 11) is 0. The second-order valence-electron chi connectivity index (χ2n) is 3.75. The number of aromatic amines is 1. The van der Waals surface area contributed by atoms with Gasteiger partial charge in [0.25, 0.3) is 0 Å². The molecule has 2 N–H and O–H groups in total. The van der Waals surface area contributed by atoms with Crippen LogP contribution in [0.3, 0.4) is 0 Å². The number of aromatic nitrogens is 2. The van der Waals surface area contributed by atoms with Crippen LogP contribution in [-0.2, 0) is 19.4 Å². The van der Waals surface area contributed by atoms with Gasteiger partial charge in [-0.1, -0.05) is 6.92 Å². The third-order valence-electron chi connectivity index (χ3n) is 2.58. The number of rotatable bonds is 2. The molecular formula is C9H14N2OS. The third-order valence-corrected chi connectivity index (χ3v) is 2.90. The van der Waals surface area contributed by atoms with Crippen LogP contribution in [0.4, 0.5) is 0 Å². The molecule has 0 amide bonds. The molecule has 0 bridgehead atoms. The Bertz CT molecular complexity index is 366. The van der Waals surface area contributed by atoms with Crippen molar-refractivity contribution in [2.45, 2.75) is 26.3 Å². The van der Waals surface area contributed by atoms with Crippen LogP contribution < -0.4 is 0 Å². The number of fused-ring (bicyclic) bond motifs is 1. The van der Waals surface area contributed by atoms with Gasteiger partial charge < -0.3 is 14.7 Å². The zero-order chi connectivity index (χ0) is 9.42. The zero-order valence-corrected chi connectivity index (χ0v) is 8.52. The number of nitrogens with zero attached hydrogens (tertiary/aromatic N) is 1. The van der Waals surface area contributed by atoms with Gasteiger partial charge in [-0.05, 0) is 24.6 Å². The summed E-state index contributed by atoms with van der Waals surface area (Å²) >= 11 is 5.19. The van der Waals surface area contributed by atoms with Crippen LogP contribution in [0.1, 0.15) is 18.3 Å². The van der Waals surface area contributed by atoms with E-state index < -0.39 is 0 Å². The SMILES string of the molecule is CC1Cc2c(CCO)[nH]c(=S)n2C1. The molecule has 0 radical (unpaired) electrons. The van der Waals surface area contributed by atoms with Gasteiger partial charge >= 0.3 is 0 Å². The van der Waals surface area contributed by atoms with E-state index >= 15 is 0 Å². The molecule has 1 aliphatic rings. The molecule has 72 valence electrons. The van der Waals surface area contributed by atoms with Crippen molar-refractivity contribution in [3.05, 3.63) is 16.2 Å². The first-order chi connectivity index (χ1) is 6.22. The van der Waals surface area contributed by atoms with Gasteiger partial charge in [0.1, 0.15) is 0 Å². The summed E-state index contributed by atoms with van der Waals surface area (Å²) in [5.41, 5.74) is 2.42. The fraction of sp³-hybridized carbons (Fsp3) is 0.667. The highest BCUT2D eigenvalue weighted by Crippen LogP contribution is 2.23. The number of aliphatic hydroxyl groups excluding tert-OH is 1. The molecule has 13 heavy (non-hydrogen) atoms. The van der Waals surface area contributed by atoms with Crippen molar-refractivity contribution >= 4 is 12.2 Å². The standard InChI is InChI=1S/C9H14N2OS/c1-6-4-8-7(2-3-12)10-9(13)11(8)5-6/h6,12H,2-5H2,1H3,(H,10,13). The summed E-state index contributed by atoms with van der Waals surface area (Å²) in [4.78, 5) is 3.15. The van der Waals surface area contributed by atoms with E-state index in [9.17, 15) is 0 Å². The lowest BCUT2D eigenvalue weighted by molar-refractivity contribution is 0.298. The van der Waals surface area contributed by atoms with E-state index in [0.29, 0.717) is 12.3 Å². The van der Waals surface area contributed by atoms with Crippen molar-refractivity contribution in [1.82, 2.24) is 9.55 Å². The van der Waals surface area contributed by atoms with Gasteiger partial charge in [-0.3, -0.25) is 0 Å². The Morgan fingerprint density at radius 1 is 1.69 bits per heavy atom. The Balaban J connectivity index is 2.40. The monoisotopic (exact) mass is 198 g/mol. The van der Waals surface area contributed by atoms with E-state index in [1.165, 1.54) is 5.69 Å². The second-order valence-corrected chi connectivity index (χ2v) is 4.14. The first-order valence-electron chi connectivity index (χ1n) is 4.63. The van der Waals surface area contributed by atoms with Crippen LogP contribution in [0.15, 0.2) is 0 Å². The third kappa shape index (κ3) is 1.44. The van der Waals surface area contributed by atoms with Crippen LogP contribution in [0, 0.1) is 10.7 Å². The highest BCUT2D eigenvalue weighted by Gasteiger charge is 2.21. The Morgan fingerprint density at radius 2 is 2.46 bits per heavy atom. The Kier molecular flexibility index (Phi) is 2.26. The van der Waals surface area contributed by atoms with Crippen molar-refractivity contribution in [2.75, 3.05) is 6.61 Å². The number of hydrogen-bond acceptors (Lipinski definition) is 2. The lowest BCUT2D eigenvalue weighted by Gasteiger charge is -1.98. The van der Waals surface area contributed by atoms with Crippen LogP contribution >= 0.6 is 12.2 Å². The minimum Gasteiger partial charge on any atom is -0.396 e. The Labute approximate surface area is 82.4 Å². The average Bonchev–Trinajstić information content (AvgIpc) is 2.55. The molecule has 1 aromatic rings. The summed E-state index contributed by atoms with van der Waals surface area (Å²) in [6.07, 6.45) is 1.78. The summed E-state index contributed by atoms with van der Waals surface area (Å²) in [5.74, 6) is 0.684. The van der Waals surface area contributed by atoms with Crippen molar-refractivity contribution < 1.29 is 5.11 Å². The van der Waals surface area contributed by atoms with E-state index in [1.54, 1.807) is 0 Å². The first kappa shape index (κ1) is 8.97. The molecule has 0 saturated carbocycles. The topological polar surface area (TPSA) is 40.9 Å². The van der Waals surface area contributed by atoms with Crippen molar-refractivity contribution in [3.8, 4) is 0 Å². The van der Waals surface area contributed by atoms with E-state index in [-0.39, 0.29) is 6.61 Å². The number of nitrogens with one attached hydrogen (secondary N) is 1. The predicted molar refractivity (Wildman–Crippen MR) is 53.3 cm³/mol. The van der Waals surface area contributed by atoms with Gasteiger partial charge in [0.2, 0.25) is 0 Å². The molecule has 2 rings (SSSR count). The highest BCUT2D eigenvalue weighted by molar-refractivity contribution is 7.71. The van der Waals surface area contributed by atoms with E-state index in [1.807, 2.05) is 0 Å². The zero-order valence-electron chi connectivity index (χ0n) is 7.71. The molecule has 1 aromatic heterocycles. The minimum absolute atomic E-state index is 0.191. The molecule has 2 heterocycles. The summed E-state index contributed by atoms with van der Waals surface area (Å²) in [6.45, 7) is 3.44. The fourth-order valence-corrected chi connectivity index (χ4v) is 2.31. The summed E-state index contributed by atoms with van der Waals surface area (Å²) in [6, 6.07) is 0. The lowest BCUT2D eigenvalue weighted by Crippen LogP contribution is -1.98. The maximum Gasteiger partial charge on any atom is 0.177 e. The average molecular weight is 198 g/mol. The molecule has 0 aliphatic carbocycles. The normalized spacial score (nSPS) is 20.6. The number of aliphatic hydroxyl groups is 1. The summed E-state index contributed by atoms with van der Waals surface area (Å²) < 4.78 is 2.97. The molecule has 0 fully saturated rings. The van der Waals surface area contributed by atoms with Gasteiger partial charge in [0.05, 0.1) is 0 Å². The molecule has 1 atom stereocenters. The maximum atomic E-state index is 8.86. The van der Waals surface area contributed by atoms with Gasteiger partial charge in [-0.15, -0.1) is 0 Å². The molecule has 0 spiro atoms. The largest absolute Gasteiger partial charge is 0.396 e. The van der Waals surface area contributed by atoms with E-state index in [0.717, 1.165) is 23.4 Å². The molecule has 0 saturated heterocycles. The number of imidazole rings is 1. The van der Waals surface area contributed by atoms with Crippen molar-refractivity contribution in [1.29, 1.82) is 0 Å². The number of hydrogen-bond donors (Lipinski definition) is 2. The molecule has 1 aliphatic heterocycles. The Morgan fingerprint density at radius 3 is 3.15 bits per heavy atom. The minimum atomic E-state index is 0.191. The molecule has 4 heteroatoms. The van der Waals surface area contributed by atoms with Gasteiger partial charge in [-0.2, -0.15) is 0 Å². The maximum absolute atomic E-state index is 8.86. The van der Waals surface area contributed by atoms with Crippen molar-refractivity contribution in [2.24, 2.45) is 5.92 Å². The van der Waals surface area contributed by atoms with Crippen LogP contribution in [-0.4, -0.2) is 21.3 Å². The Hall–Kier alpha value is -0.610.